The van der Waals surface area contributed by atoms with Gasteiger partial charge in [-0.15, -0.1) is 0 Å². The Morgan fingerprint density at radius 3 is 2.64 bits per heavy atom. The maximum absolute atomic E-state index is 13.8. The smallest absolute Gasteiger partial charge is 0.361 e. The number of carbonyl (C=O) groups excluding carboxylic acids is 1. The first-order valence-corrected chi connectivity index (χ1v) is 12.4. The number of aromatic nitrogens is 1. The van der Waals surface area contributed by atoms with E-state index in [2.05, 4.69) is 45.7 Å². The summed E-state index contributed by atoms with van der Waals surface area (Å²) in [5.74, 6) is -0.672. The molecule has 36 heavy (non-hydrogen) atoms. The lowest BCUT2D eigenvalue weighted by Gasteiger charge is -2.32. The van der Waals surface area contributed by atoms with Gasteiger partial charge in [0.2, 0.25) is 5.91 Å². The first-order chi connectivity index (χ1) is 17.3. The zero-order valence-corrected chi connectivity index (χ0v) is 20.1. The number of halogens is 4. The normalized spacial score (nSPS) is 15.7. The molecule has 0 saturated carbocycles. The number of rotatable bonds is 9. The quantitative estimate of drug-likeness (QED) is 0.200. The van der Waals surface area contributed by atoms with Crippen LogP contribution in [0.1, 0.15) is 54.7 Å². The van der Waals surface area contributed by atoms with Crippen LogP contribution < -0.4 is 5.32 Å². The molecule has 8 heteroatoms. The van der Waals surface area contributed by atoms with Crippen LogP contribution in [0.25, 0.3) is 17.0 Å². The predicted molar refractivity (Wildman–Crippen MR) is 134 cm³/mol. The molecule has 0 bridgehead atoms. The molecule has 1 fully saturated rings. The van der Waals surface area contributed by atoms with Gasteiger partial charge in [-0.1, -0.05) is 24.6 Å². The number of H-pyrrole nitrogens is 1. The minimum Gasteiger partial charge on any atom is -0.361 e. The first kappa shape index (κ1) is 25.9. The van der Waals surface area contributed by atoms with Crippen LogP contribution in [0.5, 0.6) is 0 Å². The zero-order chi connectivity index (χ0) is 25.5. The molecular weight excluding hydrogens is 470 g/mol. The lowest BCUT2D eigenvalue weighted by atomic mass is 9.89. The van der Waals surface area contributed by atoms with Crippen LogP contribution in [0.4, 0.5) is 17.6 Å². The lowest BCUT2D eigenvalue weighted by Crippen LogP contribution is -2.33. The van der Waals surface area contributed by atoms with Gasteiger partial charge in [0.1, 0.15) is 5.82 Å². The van der Waals surface area contributed by atoms with Gasteiger partial charge in [-0.2, -0.15) is 13.2 Å². The molecule has 1 saturated heterocycles. The van der Waals surface area contributed by atoms with Crippen LogP contribution in [-0.2, 0) is 11.0 Å². The number of nitrogens with zero attached hydrogens (tertiary/aromatic N) is 1. The topological polar surface area (TPSA) is 48.1 Å². The van der Waals surface area contributed by atoms with Crippen molar-refractivity contribution in [3.05, 3.63) is 77.2 Å². The van der Waals surface area contributed by atoms with Crippen molar-refractivity contribution in [3.8, 4) is 0 Å². The number of amides is 1. The molecule has 1 aromatic heterocycles. The van der Waals surface area contributed by atoms with Gasteiger partial charge < -0.3 is 15.2 Å². The Morgan fingerprint density at radius 2 is 1.86 bits per heavy atom. The van der Waals surface area contributed by atoms with Gasteiger partial charge in [-0.3, -0.25) is 4.79 Å². The summed E-state index contributed by atoms with van der Waals surface area (Å²) in [7, 11) is 0. The average molecular weight is 502 g/mol. The Kier molecular flexibility index (Phi) is 8.46. The van der Waals surface area contributed by atoms with E-state index in [1.165, 1.54) is 16.5 Å². The number of piperidine rings is 1. The SMILES string of the molecule is O=C(/C=C/c1cc(C(F)(F)F)ccc1F)NCCCCCN1CCC(c2c[nH]c3ccccc23)CC1. The van der Waals surface area contributed by atoms with Crippen molar-refractivity contribution in [3.63, 3.8) is 0 Å². The number of fused-ring (bicyclic) bond motifs is 1. The van der Waals surface area contributed by atoms with Gasteiger partial charge in [0.05, 0.1) is 5.56 Å². The monoisotopic (exact) mass is 501 g/mol. The Balaban J connectivity index is 1.11. The summed E-state index contributed by atoms with van der Waals surface area (Å²) in [6.07, 6.45) is 4.84. The molecule has 2 aromatic carbocycles. The van der Waals surface area contributed by atoms with Crippen LogP contribution >= 0.6 is 0 Å². The lowest BCUT2D eigenvalue weighted by molar-refractivity contribution is -0.137. The van der Waals surface area contributed by atoms with Gasteiger partial charge in [-0.05, 0) is 87.1 Å². The zero-order valence-electron chi connectivity index (χ0n) is 20.1. The molecule has 1 aliphatic heterocycles. The van der Waals surface area contributed by atoms with E-state index in [1.54, 1.807) is 0 Å². The van der Waals surface area contributed by atoms with Crippen LogP contribution in [0.15, 0.2) is 54.7 Å². The minimum absolute atomic E-state index is 0.270. The van der Waals surface area contributed by atoms with Crippen LogP contribution in [-0.4, -0.2) is 42.0 Å². The van der Waals surface area contributed by atoms with Crippen molar-refractivity contribution >= 4 is 22.9 Å². The number of likely N-dealkylation sites (tertiary alicyclic amines) is 1. The van der Waals surface area contributed by atoms with E-state index in [-0.39, 0.29) is 5.56 Å². The van der Waals surface area contributed by atoms with Gasteiger partial charge >= 0.3 is 6.18 Å². The number of para-hydroxylation sites is 1. The molecule has 0 unspecified atom stereocenters. The van der Waals surface area contributed by atoms with Crippen molar-refractivity contribution in [1.29, 1.82) is 0 Å². The first-order valence-electron chi connectivity index (χ1n) is 12.4. The molecule has 0 atom stereocenters. The molecule has 0 aliphatic carbocycles. The summed E-state index contributed by atoms with van der Waals surface area (Å²) >= 11 is 0. The molecule has 192 valence electrons. The van der Waals surface area contributed by atoms with E-state index in [1.807, 2.05) is 0 Å². The molecule has 4 nitrogen and oxygen atoms in total. The number of hydrogen-bond donors (Lipinski definition) is 2. The summed E-state index contributed by atoms with van der Waals surface area (Å²) in [6, 6.07) is 10.6. The van der Waals surface area contributed by atoms with Crippen molar-refractivity contribution < 1.29 is 22.4 Å². The Labute approximate surface area is 208 Å². The summed E-state index contributed by atoms with van der Waals surface area (Å²) < 4.78 is 52.1. The van der Waals surface area contributed by atoms with E-state index in [9.17, 15) is 22.4 Å². The number of benzene rings is 2. The third kappa shape index (κ3) is 6.75. The van der Waals surface area contributed by atoms with E-state index < -0.39 is 23.5 Å². The van der Waals surface area contributed by atoms with E-state index in [4.69, 9.17) is 0 Å². The Bertz CT molecular complexity index is 1190. The van der Waals surface area contributed by atoms with Crippen molar-refractivity contribution in [2.45, 2.75) is 44.2 Å². The fourth-order valence-electron chi connectivity index (χ4n) is 4.82. The molecule has 1 amide bonds. The highest BCUT2D eigenvalue weighted by molar-refractivity contribution is 5.91. The molecule has 1 aliphatic rings. The Morgan fingerprint density at radius 1 is 1.08 bits per heavy atom. The van der Waals surface area contributed by atoms with E-state index in [0.717, 1.165) is 70.0 Å². The maximum Gasteiger partial charge on any atom is 0.416 e. The van der Waals surface area contributed by atoms with Crippen LogP contribution in [0.2, 0.25) is 0 Å². The fourth-order valence-corrected chi connectivity index (χ4v) is 4.82. The van der Waals surface area contributed by atoms with Crippen molar-refractivity contribution in [1.82, 2.24) is 15.2 Å². The molecule has 2 N–H and O–H groups in total. The summed E-state index contributed by atoms with van der Waals surface area (Å²) in [4.78, 5) is 17.8. The number of alkyl halides is 3. The summed E-state index contributed by atoms with van der Waals surface area (Å²) in [5, 5.41) is 4.03. The molecule has 3 aromatic rings. The van der Waals surface area contributed by atoms with Gasteiger partial charge in [0.25, 0.3) is 0 Å². The summed E-state index contributed by atoms with van der Waals surface area (Å²) in [5.41, 5.74) is 1.39. The van der Waals surface area contributed by atoms with Crippen LogP contribution in [0, 0.1) is 5.82 Å². The number of nitrogens with one attached hydrogen (secondary N) is 2. The molecule has 0 radical (unpaired) electrons. The molecule has 4 rings (SSSR count). The second-order valence-electron chi connectivity index (χ2n) is 9.32. The van der Waals surface area contributed by atoms with E-state index in [0.29, 0.717) is 24.6 Å². The predicted octanol–water partition coefficient (Wildman–Crippen LogP) is 6.51. The standard InChI is InChI=1S/C28H31F4N3O/c29-25-10-9-22(28(30,31)32)18-21(25)8-11-27(36)33-14-4-1-5-15-35-16-12-20(13-17-35)24-19-34-26-7-3-2-6-23(24)26/h2-3,6-11,18-20,34H,1,4-5,12-17H2,(H,33,36)/b11-8+. The van der Waals surface area contributed by atoms with Gasteiger partial charge in [-0.25, -0.2) is 4.39 Å². The number of carbonyl (C=O) groups is 1. The van der Waals surface area contributed by atoms with Gasteiger partial charge in [0, 0.05) is 35.3 Å². The minimum atomic E-state index is -4.56. The highest BCUT2D eigenvalue weighted by Gasteiger charge is 2.30. The molecule has 0 spiro atoms. The fraction of sp³-hybridized carbons (Fsp3) is 0.393. The number of aromatic amines is 1. The molecule has 2 heterocycles. The van der Waals surface area contributed by atoms with Crippen molar-refractivity contribution in [2.24, 2.45) is 0 Å². The molecular formula is C28H31F4N3O. The van der Waals surface area contributed by atoms with Crippen molar-refractivity contribution in [2.75, 3.05) is 26.2 Å². The summed E-state index contributed by atoms with van der Waals surface area (Å²) in [6.45, 7) is 3.66. The maximum atomic E-state index is 13.8. The third-order valence-electron chi connectivity index (χ3n) is 6.84. The average Bonchev–Trinajstić information content (AvgIpc) is 3.29. The second kappa shape index (κ2) is 11.7. The van der Waals surface area contributed by atoms with Gasteiger partial charge in [0.15, 0.2) is 0 Å². The largest absolute Gasteiger partial charge is 0.416 e. The highest BCUT2D eigenvalue weighted by atomic mass is 19.4. The second-order valence-corrected chi connectivity index (χ2v) is 9.32. The van der Waals surface area contributed by atoms with Crippen LogP contribution in [0.3, 0.4) is 0 Å². The Hall–Kier alpha value is -3.13. The number of hydrogen-bond acceptors (Lipinski definition) is 2. The highest BCUT2D eigenvalue weighted by Crippen LogP contribution is 2.33. The van der Waals surface area contributed by atoms with E-state index >= 15 is 0 Å². The third-order valence-corrected chi connectivity index (χ3v) is 6.84. The number of unbranched alkanes of at least 4 members (excludes halogenated alkanes) is 2.